The molecule has 1 aromatic rings. The quantitative estimate of drug-likeness (QED) is 0.933. The molecule has 0 aromatic heterocycles. The maximum Gasteiger partial charge on any atom is 0.243 e. The first-order valence-electron chi connectivity index (χ1n) is 7.52. The van der Waals surface area contributed by atoms with E-state index in [0.29, 0.717) is 22.9 Å². The first kappa shape index (κ1) is 16.5. The SMILES string of the molecule is Cc1cc(C)c(S(=O)(=O)N2CCCC(C)C2C)cc1CO. The van der Waals surface area contributed by atoms with E-state index in [1.165, 1.54) is 0 Å². The summed E-state index contributed by atoms with van der Waals surface area (Å²) in [6.07, 6.45) is 1.98. The minimum absolute atomic E-state index is 0.0158. The van der Waals surface area contributed by atoms with Crippen LogP contribution < -0.4 is 0 Å². The smallest absolute Gasteiger partial charge is 0.243 e. The molecule has 0 aliphatic carbocycles. The van der Waals surface area contributed by atoms with E-state index in [2.05, 4.69) is 6.92 Å². The van der Waals surface area contributed by atoms with Crippen LogP contribution in [-0.4, -0.2) is 30.4 Å². The van der Waals surface area contributed by atoms with Crippen molar-refractivity contribution in [3.8, 4) is 0 Å². The van der Waals surface area contributed by atoms with Gasteiger partial charge in [0.15, 0.2) is 0 Å². The van der Waals surface area contributed by atoms with Crippen molar-refractivity contribution in [1.82, 2.24) is 4.31 Å². The standard InChI is InChI=1S/C16H25NO3S/c1-11-6-5-7-17(14(11)4)21(19,20)16-9-15(10-18)12(2)8-13(16)3/h8-9,11,14,18H,5-7,10H2,1-4H3. The molecule has 2 unspecified atom stereocenters. The molecule has 0 bridgehead atoms. The zero-order chi connectivity index (χ0) is 15.8. The van der Waals surface area contributed by atoms with Gasteiger partial charge < -0.3 is 5.11 Å². The number of benzene rings is 1. The van der Waals surface area contributed by atoms with Gasteiger partial charge in [0.25, 0.3) is 0 Å². The second-order valence-corrected chi connectivity index (χ2v) is 8.04. The monoisotopic (exact) mass is 311 g/mol. The average Bonchev–Trinajstić information content (AvgIpc) is 2.41. The molecule has 21 heavy (non-hydrogen) atoms. The molecule has 1 saturated heterocycles. The third kappa shape index (κ3) is 3.00. The summed E-state index contributed by atoms with van der Waals surface area (Å²) in [7, 11) is -3.50. The number of sulfonamides is 1. The van der Waals surface area contributed by atoms with Crippen LogP contribution in [0.3, 0.4) is 0 Å². The number of aryl methyl sites for hydroxylation is 2. The molecule has 2 atom stereocenters. The van der Waals surface area contributed by atoms with Crippen LogP contribution >= 0.6 is 0 Å². The Labute approximate surface area is 127 Å². The lowest BCUT2D eigenvalue weighted by molar-refractivity contribution is 0.202. The summed E-state index contributed by atoms with van der Waals surface area (Å²) in [5.74, 6) is 0.372. The minimum Gasteiger partial charge on any atom is -0.392 e. The molecular formula is C16H25NO3S. The number of piperidine rings is 1. The predicted octanol–water partition coefficient (Wildman–Crippen LogP) is 2.60. The molecule has 1 aliphatic rings. The lowest BCUT2D eigenvalue weighted by Gasteiger charge is -2.37. The van der Waals surface area contributed by atoms with Crippen LogP contribution in [0.25, 0.3) is 0 Å². The summed E-state index contributed by atoms with van der Waals surface area (Å²) in [6, 6.07) is 3.49. The number of aliphatic hydroxyl groups is 1. The summed E-state index contributed by atoms with van der Waals surface area (Å²) >= 11 is 0. The zero-order valence-electron chi connectivity index (χ0n) is 13.3. The molecule has 1 N–H and O–H groups in total. The zero-order valence-corrected chi connectivity index (χ0v) is 14.1. The Hall–Kier alpha value is -0.910. The van der Waals surface area contributed by atoms with Crippen molar-refractivity contribution in [2.24, 2.45) is 5.92 Å². The molecule has 118 valence electrons. The van der Waals surface area contributed by atoms with Crippen LogP contribution in [0.2, 0.25) is 0 Å². The highest BCUT2D eigenvalue weighted by atomic mass is 32.2. The third-order valence-corrected chi connectivity index (χ3v) is 6.83. The van der Waals surface area contributed by atoms with Crippen molar-refractivity contribution in [2.45, 2.75) is 58.1 Å². The Morgan fingerprint density at radius 1 is 1.24 bits per heavy atom. The predicted molar refractivity (Wildman–Crippen MR) is 83.6 cm³/mol. The molecule has 0 radical (unpaired) electrons. The van der Waals surface area contributed by atoms with E-state index in [1.54, 1.807) is 10.4 Å². The molecule has 1 fully saturated rings. The molecule has 1 aromatic carbocycles. The lowest BCUT2D eigenvalue weighted by atomic mass is 9.94. The van der Waals surface area contributed by atoms with Crippen molar-refractivity contribution in [3.05, 3.63) is 28.8 Å². The average molecular weight is 311 g/mol. The van der Waals surface area contributed by atoms with Crippen LogP contribution in [0.15, 0.2) is 17.0 Å². The second kappa shape index (κ2) is 6.07. The van der Waals surface area contributed by atoms with Gasteiger partial charge in [-0.15, -0.1) is 0 Å². The van der Waals surface area contributed by atoms with E-state index in [4.69, 9.17) is 0 Å². The maximum atomic E-state index is 13.0. The number of hydrogen-bond donors (Lipinski definition) is 1. The Balaban J connectivity index is 2.49. The van der Waals surface area contributed by atoms with Gasteiger partial charge in [0, 0.05) is 12.6 Å². The van der Waals surface area contributed by atoms with Crippen LogP contribution in [-0.2, 0) is 16.6 Å². The molecule has 4 nitrogen and oxygen atoms in total. The molecule has 0 saturated carbocycles. The highest BCUT2D eigenvalue weighted by molar-refractivity contribution is 7.89. The molecule has 1 heterocycles. The molecule has 2 rings (SSSR count). The minimum atomic E-state index is -3.50. The van der Waals surface area contributed by atoms with Gasteiger partial charge in [0.05, 0.1) is 11.5 Å². The van der Waals surface area contributed by atoms with Gasteiger partial charge in [-0.05, 0) is 62.3 Å². The third-order valence-electron chi connectivity index (χ3n) is 4.71. The second-order valence-electron chi connectivity index (χ2n) is 6.18. The number of aliphatic hydroxyl groups excluding tert-OH is 1. The van der Waals surface area contributed by atoms with Gasteiger partial charge in [-0.3, -0.25) is 0 Å². The Morgan fingerprint density at radius 3 is 2.52 bits per heavy atom. The summed E-state index contributed by atoms with van der Waals surface area (Å²) < 4.78 is 27.6. The lowest BCUT2D eigenvalue weighted by Crippen LogP contribution is -2.46. The topological polar surface area (TPSA) is 57.6 Å². The van der Waals surface area contributed by atoms with Crippen molar-refractivity contribution in [2.75, 3.05) is 6.54 Å². The normalized spacial score (nSPS) is 24.2. The Kier molecular flexibility index (Phi) is 4.76. The molecule has 0 spiro atoms. The van der Waals surface area contributed by atoms with E-state index in [1.807, 2.05) is 26.8 Å². The number of nitrogens with zero attached hydrogens (tertiary/aromatic N) is 1. The summed E-state index contributed by atoms with van der Waals surface area (Å²) in [4.78, 5) is 0.332. The highest BCUT2D eigenvalue weighted by Gasteiger charge is 2.35. The van der Waals surface area contributed by atoms with E-state index in [-0.39, 0.29) is 12.6 Å². The number of hydrogen-bond acceptors (Lipinski definition) is 3. The molecule has 1 aliphatic heterocycles. The summed E-state index contributed by atoms with van der Waals surface area (Å²) in [5.41, 5.74) is 2.35. The van der Waals surface area contributed by atoms with Gasteiger partial charge in [-0.25, -0.2) is 8.42 Å². The first-order valence-corrected chi connectivity index (χ1v) is 8.96. The van der Waals surface area contributed by atoms with E-state index in [0.717, 1.165) is 24.0 Å². The van der Waals surface area contributed by atoms with Gasteiger partial charge in [0.1, 0.15) is 0 Å². The van der Waals surface area contributed by atoms with Gasteiger partial charge >= 0.3 is 0 Å². The fourth-order valence-corrected chi connectivity index (χ4v) is 5.11. The van der Waals surface area contributed by atoms with Crippen LogP contribution in [0, 0.1) is 19.8 Å². The van der Waals surface area contributed by atoms with Crippen molar-refractivity contribution in [1.29, 1.82) is 0 Å². The van der Waals surface area contributed by atoms with Crippen LogP contribution in [0.1, 0.15) is 43.4 Å². The van der Waals surface area contributed by atoms with Crippen LogP contribution in [0.5, 0.6) is 0 Å². The van der Waals surface area contributed by atoms with Crippen molar-refractivity contribution < 1.29 is 13.5 Å². The molecular weight excluding hydrogens is 286 g/mol. The fraction of sp³-hybridized carbons (Fsp3) is 0.625. The van der Waals surface area contributed by atoms with Crippen LogP contribution in [0.4, 0.5) is 0 Å². The van der Waals surface area contributed by atoms with Crippen molar-refractivity contribution in [3.63, 3.8) is 0 Å². The van der Waals surface area contributed by atoms with Gasteiger partial charge in [-0.1, -0.05) is 13.0 Å². The summed E-state index contributed by atoms with van der Waals surface area (Å²) in [5, 5.41) is 9.40. The largest absolute Gasteiger partial charge is 0.392 e. The number of rotatable bonds is 3. The Bertz CT molecular complexity index is 625. The van der Waals surface area contributed by atoms with E-state index < -0.39 is 10.0 Å². The summed E-state index contributed by atoms with van der Waals surface area (Å²) in [6.45, 7) is 8.24. The highest BCUT2D eigenvalue weighted by Crippen LogP contribution is 2.31. The molecule has 5 heteroatoms. The molecule has 0 amide bonds. The fourth-order valence-electron chi connectivity index (χ4n) is 3.09. The van der Waals surface area contributed by atoms with E-state index in [9.17, 15) is 13.5 Å². The van der Waals surface area contributed by atoms with E-state index >= 15 is 0 Å². The Morgan fingerprint density at radius 2 is 1.90 bits per heavy atom. The first-order chi connectivity index (χ1) is 9.78. The maximum absolute atomic E-state index is 13.0. The van der Waals surface area contributed by atoms with Gasteiger partial charge in [-0.2, -0.15) is 4.31 Å². The van der Waals surface area contributed by atoms with Gasteiger partial charge in [0.2, 0.25) is 10.0 Å². The van der Waals surface area contributed by atoms with Crippen molar-refractivity contribution >= 4 is 10.0 Å².